The molecule has 2 saturated heterocycles. The Morgan fingerprint density at radius 3 is 3.00 bits per heavy atom. The maximum Gasteiger partial charge on any atom is 0.128 e. The fourth-order valence-corrected chi connectivity index (χ4v) is 3.08. The molecule has 116 valence electrons. The van der Waals surface area contributed by atoms with E-state index in [9.17, 15) is 9.50 Å². The van der Waals surface area contributed by atoms with Crippen molar-refractivity contribution in [2.45, 2.75) is 44.0 Å². The van der Waals surface area contributed by atoms with Crippen LogP contribution in [0.25, 0.3) is 0 Å². The van der Waals surface area contributed by atoms with Gasteiger partial charge in [0.2, 0.25) is 0 Å². The molecule has 3 atom stereocenters. The summed E-state index contributed by atoms with van der Waals surface area (Å²) in [6.07, 6.45) is 1.64. The fourth-order valence-electron chi connectivity index (χ4n) is 3.08. The molecule has 1 N–H and O–H groups in total. The normalized spacial score (nSPS) is 30.5. The monoisotopic (exact) mass is 296 g/mol. The van der Waals surface area contributed by atoms with Crippen LogP contribution in [-0.4, -0.2) is 36.6 Å². The van der Waals surface area contributed by atoms with Crippen molar-refractivity contribution in [1.82, 2.24) is 0 Å². The van der Waals surface area contributed by atoms with Crippen LogP contribution in [0.15, 0.2) is 18.2 Å². The van der Waals surface area contributed by atoms with Crippen LogP contribution in [0.2, 0.25) is 0 Å². The van der Waals surface area contributed by atoms with E-state index >= 15 is 0 Å². The molecule has 0 radical (unpaired) electrons. The molecule has 0 aliphatic carbocycles. The SMILES string of the molecule is C[C@@H](O)c1ccc(F)cc1OC1CCOC2(CCOC2)C1. The van der Waals surface area contributed by atoms with Crippen LogP contribution in [-0.2, 0) is 9.47 Å². The second-order valence-electron chi connectivity index (χ2n) is 5.92. The molecule has 0 amide bonds. The Labute approximate surface area is 123 Å². The molecule has 0 bridgehead atoms. The van der Waals surface area contributed by atoms with Crippen LogP contribution in [0, 0.1) is 5.82 Å². The number of benzene rings is 1. The zero-order valence-electron chi connectivity index (χ0n) is 12.2. The van der Waals surface area contributed by atoms with E-state index in [2.05, 4.69) is 0 Å². The number of halogens is 1. The van der Waals surface area contributed by atoms with E-state index in [4.69, 9.17) is 14.2 Å². The Kier molecular flexibility index (Phi) is 4.15. The summed E-state index contributed by atoms with van der Waals surface area (Å²) in [5.74, 6) is 0.0614. The fraction of sp³-hybridized carbons (Fsp3) is 0.625. The van der Waals surface area contributed by atoms with Gasteiger partial charge in [-0.2, -0.15) is 0 Å². The summed E-state index contributed by atoms with van der Waals surface area (Å²) >= 11 is 0. The summed E-state index contributed by atoms with van der Waals surface area (Å²) in [5.41, 5.74) is 0.362. The minimum absolute atomic E-state index is 0.0419. The van der Waals surface area contributed by atoms with Crippen LogP contribution < -0.4 is 4.74 Å². The molecule has 3 rings (SSSR count). The lowest BCUT2D eigenvalue weighted by Gasteiger charge is -2.37. The second kappa shape index (κ2) is 5.91. The molecule has 1 aromatic carbocycles. The first-order valence-corrected chi connectivity index (χ1v) is 7.44. The van der Waals surface area contributed by atoms with E-state index in [0.717, 1.165) is 19.3 Å². The molecular weight excluding hydrogens is 275 g/mol. The highest BCUT2D eigenvalue weighted by atomic mass is 19.1. The first kappa shape index (κ1) is 14.8. The van der Waals surface area contributed by atoms with Crippen LogP contribution in [0.4, 0.5) is 4.39 Å². The summed E-state index contributed by atoms with van der Waals surface area (Å²) in [4.78, 5) is 0. The number of ether oxygens (including phenoxy) is 3. The summed E-state index contributed by atoms with van der Waals surface area (Å²) in [6, 6.07) is 4.25. The number of rotatable bonds is 3. The minimum atomic E-state index is -0.691. The van der Waals surface area contributed by atoms with E-state index in [-0.39, 0.29) is 17.5 Å². The molecule has 2 fully saturated rings. The summed E-state index contributed by atoms with van der Waals surface area (Å²) in [5, 5.41) is 9.78. The third-order valence-electron chi connectivity index (χ3n) is 4.23. The van der Waals surface area contributed by atoms with E-state index in [1.54, 1.807) is 13.0 Å². The molecule has 2 aliphatic rings. The zero-order chi connectivity index (χ0) is 14.9. The van der Waals surface area contributed by atoms with Crippen LogP contribution in [0.1, 0.15) is 37.9 Å². The van der Waals surface area contributed by atoms with Crippen molar-refractivity contribution >= 4 is 0 Å². The molecule has 5 heteroatoms. The maximum atomic E-state index is 13.5. The van der Waals surface area contributed by atoms with E-state index in [0.29, 0.717) is 31.1 Å². The quantitative estimate of drug-likeness (QED) is 0.931. The number of aliphatic hydroxyl groups excluding tert-OH is 1. The van der Waals surface area contributed by atoms with Crippen molar-refractivity contribution in [1.29, 1.82) is 0 Å². The highest BCUT2D eigenvalue weighted by Gasteiger charge is 2.42. The lowest BCUT2D eigenvalue weighted by atomic mass is 9.91. The third kappa shape index (κ3) is 3.20. The van der Waals surface area contributed by atoms with E-state index in [1.165, 1.54) is 12.1 Å². The van der Waals surface area contributed by atoms with Gasteiger partial charge >= 0.3 is 0 Å². The van der Waals surface area contributed by atoms with Gasteiger partial charge in [0, 0.05) is 37.5 Å². The van der Waals surface area contributed by atoms with Crippen molar-refractivity contribution in [2.75, 3.05) is 19.8 Å². The molecule has 21 heavy (non-hydrogen) atoms. The summed E-state index contributed by atoms with van der Waals surface area (Å²) < 4.78 is 30.7. The molecule has 1 aromatic rings. The molecule has 2 unspecified atom stereocenters. The van der Waals surface area contributed by atoms with Crippen molar-refractivity contribution in [2.24, 2.45) is 0 Å². The third-order valence-corrected chi connectivity index (χ3v) is 4.23. The first-order chi connectivity index (χ1) is 10.1. The molecular formula is C16H21FO4. The van der Waals surface area contributed by atoms with E-state index in [1.807, 2.05) is 0 Å². The Bertz CT molecular complexity index is 497. The number of hydrogen-bond donors (Lipinski definition) is 1. The predicted molar refractivity (Wildman–Crippen MR) is 74.8 cm³/mol. The Morgan fingerprint density at radius 1 is 1.43 bits per heavy atom. The molecule has 1 spiro atoms. The second-order valence-corrected chi connectivity index (χ2v) is 5.92. The van der Waals surface area contributed by atoms with E-state index < -0.39 is 6.10 Å². The molecule has 4 nitrogen and oxygen atoms in total. The zero-order valence-corrected chi connectivity index (χ0v) is 12.2. The lowest BCUT2D eigenvalue weighted by molar-refractivity contribution is -0.112. The standard InChI is InChI=1S/C16H21FO4/c1-11(18)14-3-2-12(17)8-15(14)21-13-4-6-20-16(9-13)5-7-19-10-16/h2-3,8,11,13,18H,4-7,9-10H2,1H3/t11-,13?,16?/m1/s1. The highest BCUT2D eigenvalue weighted by Crippen LogP contribution is 2.36. The topological polar surface area (TPSA) is 47.9 Å². The maximum absolute atomic E-state index is 13.5. The molecule has 0 aromatic heterocycles. The van der Waals surface area contributed by atoms with Gasteiger partial charge < -0.3 is 19.3 Å². The average molecular weight is 296 g/mol. The van der Waals surface area contributed by atoms with Gasteiger partial charge in [-0.15, -0.1) is 0 Å². The smallest absolute Gasteiger partial charge is 0.128 e. The predicted octanol–water partition coefficient (Wildman–Crippen LogP) is 2.60. The Balaban J connectivity index is 1.75. The summed E-state index contributed by atoms with van der Waals surface area (Å²) in [7, 11) is 0. The summed E-state index contributed by atoms with van der Waals surface area (Å²) in [6.45, 7) is 3.58. The van der Waals surface area contributed by atoms with Gasteiger partial charge in [-0.1, -0.05) is 0 Å². The minimum Gasteiger partial charge on any atom is -0.490 e. The molecule has 2 aliphatic heterocycles. The van der Waals surface area contributed by atoms with Gasteiger partial charge in [-0.3, -0.25) is 0 Å². The van der Waals surface area contributed by atoms with Gasteiger partial charge in [0.15, 0.2) is 0 Å². The largest absolute Gasteiger partial charge is 0.490 e. The number of hydrogen-bond acceptors (Lipinski definition) is 4. The van der Waals surface area contributed by atoms with Crippen molar-refractivity contribution < 1.29 is 23.7 Å². The van der Waals surface area contributed by atoms with Crippen molar-refractivity contribution in [3.05, 3.63) is 29.6 Å². The van der Waals surface area contributed by atoms with Gasteiger partial charge in [-0.05, 0) is 19.1 Å². The van der Waals surface area contributed by atoms with Gasteiger partial charge in [0.05, 0.1) is 24.9 Å². The van der Waals surface area contributed by atoms with Crippen LogP contribution >= 0.6 is 0 Å². The van der Waals surface area contributed by atoms with Crippen molar-refractivity contribution in [3.8, 4) is 5.75 Å². The van der Waals surface area contributed by atoms with Crippen molar-refractivity contribution in [3.63, 3.8) is 0 Å². The van der Waals surface area contributed by atoms with Gasteiger partial charge in [-0.25, -0.2) is 4.39 Å². The lowest BCUT2D eigenvalue weighted by Crippen LogP contribution is -2.44. The van der Waals surface area contributed by atoms with Crippen LogP contribution in [0.5, 0.6) is 5.75 Å². The van der Waals surface area contributed by atoms with Crippen LogP contribution in [0.3, 0.4) is 0 Å². The van der Waals surface area contributed by atoms with Gasteiger partial charge in [0.1, 0.15) is 17.7 Å². The number of aliphatic hydroxyl groups is 1. The van der Waals surface area contributed by atoms with Gasteiger partial charge in [0.25, 0.3) is 0 Å². The molecule has 0 saturated carbocycles. The Morgan fingerprint density at radius 2 is 2.29 bits per heavy atom. The Hall–Kier alpha value is -1.17. The first-order valence-electron chi connectivity index (χ1n) is 7.44. The molecule has 2 heterocycles. The average Bonchev–Trinajstić information content (AvgIpc) is 2.86. The highest BCUT2D eigenvalue weighted by molar-refractivity contribution is 5.35.